The third kappa shape index (κ3) is 45.2. The van der Waals surface area contributed by atoms with Crippen LogP contribution in [0.1, 0.15) is 226 Å². The minimum Gasteiger partial charge on any atom is -0.462 e. The first-order valence-electron chi connectivity index (χ1n) is 26.0. The maximum Gasteiger partial charge on any atom is 0.306 e. The molecule has 0 fully saturated rings. The van der Waals surface area contributed by atoms with Gasteiger partial charge in [0, 0.05) is 6.42 Å². The molecule has 0 saturated heterocycles. The lowest BCUT2D eigenvalue weighted by Crippen LogP contribution is -2.46. The van der Waals surface area contributed by atoms with E-state index >= 15 is 0 Å². The molecular formula is C57H97NO5. The highest BCUT2D eigenvalue weighted by Gasteiger charge is 2.24. The number of unbranched alkanes of at least 4 members (excludes halogenated alkanes) is 17. The summed E-state index contributed by atoms with van der Waals surface area (Å²) < 4.78 is 5.88. The van der Waals surface area contributed by atoms with E-state index in [2.05, 4.69) is 123 Å². The Kier molecular flexibility index (Phi) is 47.2. The van der Waals surface area contributed by atoms with Crippen molar-refractivity contribution in [1.29, 1.82) is 0 Å². The van der Waals surface area contributed by atoms with Crippen molar-refractivity contribution in [3.05, 3.63) is 97.2 Å². The van der Waals surface area contributed by atoms with Gasteiger partial charge in [-0.15, -0.1) is 0 Å². The van der Waals surface area contributed by atoms with Crippen molar-refractivity contribution < 1.29 is 24.5 Å². The van der Waals surface area contributed by atoms with Gasteiger partial charge in [-0.25, -0.2) is 0 Å². The van der Waals surface area contributed by atoms with Crippen LogP contribution in [-0.4, -0.2) is 46.9 Å². The molecule has 0 aromatic carbocycles. The molecule has 3 N–H and O–H groups in total. The Labute approximate surface area is 388 Å². The van der Waals surface area contributed by atoms with E-state index < -0.39 is 18.2 Å². The summed E-state index contributed by atoms with van der Waals surface area (Å²) in [5.74, 6) is -0.602. The van der Waals surface area contributed by atoms with Crippen molar-refractivity contribution in [2.75, 3.05) is 6.61 Å². The lowest BCUT2D eigenvalue weighted by Gasteiger charge is -2.24. The van der Waals surface area contributed by atoms with Gasteiger partial charge in [0.25, 0.3) is 0 Å². The van der Waals surface area contributed by atoms with Gasteiger partial charge < -0.3 is 20.3 Å². The zero-order valence-electron chi connectivity index (χ0n) is 40.9. The molecule has 0 radical (unpaired) electrons. The SMILES string of the molecule is CC/C=C/C/C=C/C/C=C/C/C=C/CCCC(CC(=O)NC(CO)C(O)CCCCCCCCCCCCCCC)OC(=O)CCC/C=C\C/C=C\C/C=C\C/C=C\CCCCC. The average molecular weight is 876 g/mol. The standard InChI is InChI=1S/C57H97NO5/c1-4-7-10-13-16-19-22-25-27-28-29-32-35-38-41-44-47-50-57(62)63-53(48-45-42-39-36-33-31-26-23-20-17-14-11-8-5-2)51-56(61)58-54(52-59)55(60)49-46-43-40-37-34-30-24-21-18-15-12-9-6-3/h8,11,16-17,19-20,25-27,29,31-32,36,38-39,41,53-55,59-60H,4-7,9-10,12-15,18,21-24,28,30,33-35,37,40,42-52H2,1-3H3,(H,58,61)/b11-8+,19-16-,20-17+,27-25-,31-26+,32-29-,39-36+,41-38-. The zero-order chi connectivity index (χ0) is 45.9. The van der Waals surface area contributed by atoms with Crippen LogP contribution in [0.2, 0.25) is 0 Å². The number of hydrogen-bond acceptors (Lipinski definition) is 5. The highest BCUT2D eigenvalue weighted by atomic mass is 16.5. The molecule has 1 amide bonds. The van der Waals surface area contributed by atoms with Crippen LogP contribution in [0.5, 0.6) is 0 Å². The number of carbonyl (C=O) groups excluding carboxylic acids is 2. The van der Waals surface area contributed by atoms with Crippen LogP contribution in [0, 0.1) is 0 Å². The van der Waals surface area contributed by atoms with Crippen LogP contribution in [0.25, 0.3) is 0 Å². The molecule has 0 spiro atoms. The van der Waals surface area contributed by atoms with Gasteiger partial charge in [0.05, 0.1) is 25.2 Å². The molecule has 3 atom stereocenters. The van der Waals surface area contributed by atoms with Crippen molar-refractivity contribution in [2.45, 2.75) is 244 Å². The van der Waals surface area contributed by atoms with Crippen LogP contribution in [0.15, 0.2) is 97.2 Å². The minimum atomic E-state index is -0.816. The molecule has 0 aromatic heterocycles. The average Bonchev–Trinajstić information content (AvgIpc) is 3.28. The maximum atomic E-state index is 13.2. The summed E-state index contributed by atoms with van der Waals surface area (Å²) in [6.45, 7) is 6.30. The van der Waals surface area contributed by atoms with Crippen LogP contribution in [-0.2, 0) is 14.3 Å². The van der Waals surface area contributed by atoms with Crippen molar-refractivity contribution in [3.8, 4) is 0 Å². The second-order valence-electron chi connectivity index (χ2n) is 17.2. The molecular weight excluding hydrogens is 779 g/mol. The molecule has 0 aliphatic carbocycles. The molecule has 0 heterocycles. The first-order valence-corrected chi connectivity index (χ1v) is 26.0. The number of nitrogens with one attached hydrogen (secondary N) is 1. The third-order valence-electron chi connectivity index (χ3n) is 11.1. The van der Waals surface area contributed by atoms with Crippen LogP contribution >= 0.6 is 0 Å². The number of aliphatic hydroxyl groups excluding tert-OH is 2. The number of carbonyl (C=O) groups is 2. The van der Waals surface area contributed by atoms with E-state index in [1.807, 2.05) is 0 Å². The molecule has 0 saturated carbocycles. The number of amides is 1. The summed E-state index contributed by atoms with van der Waals surface area (Å²) in [7, 11) is 0. The van der Waals surface area contributed by atoms with Crippen molar-refractivity contribution >= 4 is 11.9 Å². The van der Waals surface area contributed by atoms with Gasteiger partial charge in [-0.1, -0.05) is 214 Å². The van der Waals surface area contributed by atoms with E-state index in [1.165, 1.54) is 89.9 Å². The molecule has 0 aromatic rings. The number of aliphatic hydroxyl groups is 2. The van der Waals surface area contributed by atoms with Gasteiger partial charge in [0.1, 0.15) is 6.10 Å². The molecule has 3 unspecified atom stereocenters. The fourth-order valence-corrected chi connectivity index (χ4v) is 7.24. The Hall–Kier alpha value is -3.22. The minimum absolute atomic E-state index is 0.0130. The normalized spacial score (nSPS) is 14.0. The molecule has 6 nitrogen and oxygen atoms in total. The quantitative estimate of drug-likeness (QED) is 0.0322. The van der Waals surface area contributed by atoms with Gasteiger partial charge in [0.2, 0.25) is 5.91 Å². The number of esters is 1. The van der Waals surface area contributed by atoms with Gasteiger partial charge >= 0.3 is 5.97 Å². The third-order valence-corrected chi connectivity index (χ3v) is 11.1. The van der Waals surface area contributed by atoms with Crippen LogP contribution in [0.3, 0.4) is 0 Å². The fraction of sp³-hybridized carbons (Fsp3) is 0.684. The lowest BCUT2D eigenvalue weighted by atomic mass is 10.0. The predicted octanol–water partition coefficient (Wildman–Crippen LogP) is 15.7. The van der Waals surface area contributed by atoms with E-state index in [0.717, 1.165) is 83.5 Å². The Bertz CT molecular complexity index is 1260. The topological polar surface area (TPSA) is 95.9 Å². The number of rotatable bonds is 45. The highest BCUT2D eigenvalue weighted by Crippen LogP contribution is 2.16. The molecule has 0 bridgehead atoms. The van der Waals surface area contributed by atoms with E-state index in [4.69, 9.17) is 4.74 Å². The van der Waals surface area contributed by atoms with Crippen LogP contribution in [0.4, 0.5) is 0 Å². The molecule has 63 heavy (non-hydrogen) atoms. The van der Waals surface area contributed by atoms with Crippen molar-refractivity contribution in [1.82, 2.24) is 5.32 Å². The number of ether oxygens (including phenoxy) is 1. The Balaban J connectivity index is 4.77. The highest BCUT2D eigenvalue weighted by molar-refractivity contribution is 5.77. The van der Waals surface area contributed by atoms with E-state index in [-0.39, 0.29) is 24.9 Å². The Morgan fingerprint density at radius 3 is 1.33 bits per heavy atom. The maximum absolute atomic E-state index is 13.2. The van der Waals surface area contributed by atoms with E-state index in [0.29, 0.717) is 25.7 Å². The summed E-state index contributed by atoms with van der Waals surface area (Å²) >= 11 is 0. The molecule has 0 aliphatic heterocycles. The molecule has 0 rings (SSSR count). The number of hydrogen-bond donors (Lipinski definition) is 3. The fourth-order valence-electron chi connectivity index (χ4n) is 7.24. The number of allylic oxidation sites excluding steroid dienone is 16. The summed E-state index contributed by atoms with van der Waals surface area (Å²) in [5, 5.41) is 23.7. The monoisotopic (exact) mass is 876 g/mol. The summed E-state index contributed by atoms with van der Waals surface area (Å²) in [6, 6.07) is -0.735. The smallest absolute Gasteiger partial charge is 0.306 e. The molecule has 360 valence electrons. The Morgan fingerprint density at radius 1 is 0.476 bits per heavy atom. The summed E-state index contributed by atoms with van der Waals surface area (Å²) in [6.07, 6.45) is 66.1. The Morgan fingerprint density at radius 2 is 0.873 bits per heavy atom. The predicted molar refractivity (Wildman–Crippen MR) is 273 cm³/mol. The van der Waals surface area contributed by atoms with Crippen molar-refractivity contribution in [2.24, 2.45) is 0 Å². The van der Waals surface area contributed by atoms with Gasteiger partial charge in [-0.2, -0.15) is 0 Å². The van der Waals surface area contributed by atoms with E-state index in [9.17, 15) is 19.8 Å². The van der Waals surface area contributed by atoms with Gasteiger partial charge in [-0.3, -0.25) is 9.59 Å². The molecule has 6 heteroatoms. The summed E-state index contributed by atoms with van der Waals surface area (Å²) in [4.78, 5) is 26.1. The second-order valence-corrected chi connectivity index (χ2v) is 17.2. The first-order chi connectivity index (χ1) is 31.0. The van der Waals surface area contributed by atoms with Crippen LogP contribution < -0.4 is 5.32 Å². The second kappa shape index (κ2) is 49.8. The van der Waals surface area contributed by atoms with Crippen molar-refractivity contribution in [3.63, 3.8) is 0 Å². The van der Waals surface area contributed by atoms with Gasteiger partial charge in [0.15, 0.2) is 0 Å². The summed E-state index contributed by atoms with van der Waals surface area (Å²) in [5.41, 5.74) is 0. The zero-order valence-corrected chi connectivity index (χ0v) is 40.9. The largest absolute Gasteiger partial charge is 0.462 e. The molecule has 0 aliphatic rings. The van der Waals surface area contributed by atoms with Gasteiger partial charge in [-0.05, 0) is 96.3 Å². The first kappa shape index (κ1) is 59.8. The van der Waals surface area contributed by atoms with E-state index in [1.54, 1.807) is 0 Å². The lowest BCUT2D eigenvalue weighted by molar-refractivity contribution is -0.151.